The van der Waals surface area contributed by atoms with Crippen LogP contribution in [0.1, 0.15) is 22.5 Å². The first-order valence-corrected chi connectivity index (χ1v) is 22.2. The summed E-state index contributed by atoms with van der Waals surface area (Å²) in [5.74, 6) is 1.66. The van der Waals surface area contributed by atoms with Crippen LogP contribution in [-0.2, 0) is 4.74 Å². The predicted octanol–water partition coefficient (Wildman–Crippen LogP) is 4.43. The van der Waals surface area contributed by atoms with Crippen LogP contribution in [0, 0.1) is 6.92 Å². The molecule has 250 valence electrons. The van der Waals surface area contributed by atoms with Gasteiger partial charge in [0, 0.05) is 25.7 Å². The summed E-state index contributed by atoms with van der Waals surface area (Å²) in [4.78, 5) is 24.6. The van der Waals surface area contributed by atoms with Crippen molar-refractivity contribution in [2.75, 3.05) is 71.4 Å². The van der Waals surface area contributed by atoms with Gasteiger partial charge in [0.2, 0.25) is 17.7 Å². The Bertz CT molecular complexity index is 1530. The summed E-state index contributed by atoms with van der Waals surface area (Å²) in [5, 5.41) is 8.94. The van der Waals surface area contributed by atoms with Gasteiger partial charge in [-0.3, -0.25) is 9.69 Å². The Morgan fingerprint density at radius 1 is 0.978 bits per heavy atom. The molecule has 0 atom stereocenters. The normalized spacial score (nSPS) is 17.1. The maximum Gasteiger partial charge on any atom is 0.291 e. The van der Waals surface area contributed by atoms with E-state index < -0.39 is 22.1 Å². The summed E-state index contributed by atoms with van der Waals surface area (Å²) in [5.41, 5.74) is 1.29. The van der Waals surface area contributed by atoms with Crippen LogP contribution in [0.25, 0.3) is 0 Å². The molecule has 2 aliphatic rings. The maximum absolute atomic E-state index is 13.3. The van der Waals surface area contributed by atoms with E-state index in [1.54, 1.807) is 19.2 Å². The fourth-order valence-electron chi connectivity index (χ4n) is 6.34. The summed E-state index contributed by atoms with van der Waals surface area (Å²) in [6, 6.07) is 7.91. The van der Waals surface area contributed by atoms with Crippen molar-refractivity contribution in [3.8, 4) is 29.2 Å². The number of amides is 1. The number of rotatable bonds is 12. The molecule has 5 rings (SSSR count). The van der Waals surface area contributed by atoms with Gasteiger partial charge in [0.25, 0.3) is 11.9 Å². The molecule has 2 aliphatic heterocycles. The molecule has 46 heavy (non-hydrogen) atoms. The summed E-state index contributed by atoms with van der Waals surface area (Å²) < 4.78 is 34.4. The van der Waals surface area contributed by atoms with Crippen LogP contribution < -0.4 is 40.0 Å². The Labute approximate surface area is 273 Å². The second-order valence-corrected chi connectivity index (χ2v) is 22.6. The van der Waals surface area contributed by atoms with Crippen molar-refractivity contribution in [3.05, 3.63) is 29.5 Å². The Hall–Kier alpha value is -3.60. The number of anilines is 2. The standard InChI is InChI=1S/C32H47N5O7Si2/c1-21-27(23(39-2)20-24-28(21)46(7,8)19-18-45(24,5)6)44-25-11-10-22(43-25)29(38)34-26-30(40-3)35-32(36-31(26)41-4)33-12-9-13-37-14-16-42-17-15-37/h10-11,20H,9,12-19H2,1-8H3,(H,34,38)(H,33,35,36). The molecule has 0 bridgehead atoms. The van der Waals surface area contributed by atoms with Crippen molar-refractivity contribution in [3.63, 3.8) is 0 Å². The summed E-state index contributed by atoms with van der Waals surface area (Å²) in [6.07, 6.45) is 0.908. The molecule has 2 aromatic heterocycles. The molecule has 1 amide bonds. The lowest BCUT2D eigenvalue weighted by molar-refractivity contribution is 0.0378. The summed E-state index contributed by atoms with van der Waals surface area (Å²) in [7, 11) is 1.34. The first kappa shape index (κ1) is 33.8. The van der Waals surface area contributed by atoms with Gasteiger partial charge in [-0.1, -0.05) is 48.6 Å². The minimum Gasteiger partial charge on any atom is -0.493 e. The van der Waals surface area contributed by atoms with Crippen LogP contribution in [0.4, 0.5) is 11.6 Å². The molecule has 3 aromatic rings. The van der Waals surface area contributed by atoms with Gasteiger partial charge in [0.1, 0.15) is 0 Å². The summed E-state index contributed by atoms with van der Waals surface area (Å²) >= 11 is 0. The molecule has 0 radical (unpaired) electrons. The van der Waals surface area contributed by atoms with Crippen LogP contribution >= 0.6 is 0 Å². The number of aromatic nitrogens is 2. The van der Waals surface area contributed by atoms with Gasteiger partial charge in [-0.2, -0.15) is 9.97 Å². The van der Waals surface area contributed by atoms with Crippen LogP contribution in [0.5, 0.6) is 29.2 Å². The highest BCUT2D eigenvalue weighted by molar-refractivity contribution is 7.03. The van der Waals surface area contributed by atoms with E-state index in [0.717, 1.165) is 44.8 Å². The summed E-state index contributed by atoms with van der Waals surface area (Å²) in [6.45, 7) is 16.9. The number of morpholine rings is 1. The van der Waals surface area contributed by atoms with Crippen molar-refractivity contribution in [2.45, 2.75) is 51.6 Å². The molecule has 12 nitrogen and oxygen atoms in total. The molecular formula is C32H47N5O7Si2. The fraction of sp³-hybridized carbons (Fsp3) is 0.531. The van der Waals surface area contributed by atoms with E-state index in [1.165, 1.54) is 36.7 Å². The minimum atomic E-state index is -1.67. The number of benzene rings is 1. The zero-order valence-electron chi connectivity index (χ0n) is 28.3. The Morgan fingerprint density at radius 3 is 2.30 bits per heavy atom. The van der Waals surface area contributed by atoms with Crippen LogP contribution in [0.2, 0.25) is 38.3 Å². The van der Waals surface area contributed by atoms with E-state index in [1.807, 2.05) is 0 Å². The van der Waals surface area contributed by atoms with E-state index >= 15 is 0 Å². The second kappa shape index (κ2) is 14.0. The zero-order chi connectivity index (χ0) is 33.1. The first-order valence-electron chi connectivity index (χ1n) is 15.8. The monoisotopic (exact) mass is 669 g/mol. The molecule has 14 heteroatoms. The fourth-order valence-corrected chi connectivity index (χ4v) is 17.2. The highest BCUT2D eigenvalue weighted by Gasteiger charge is 2.42. The number of nitrogens with zero attached hydrogens (tertiary/aromatic N) is 3. The molecule has 0 unspecified atom stereocenters. The van der Waals surface area contributed by atoms with Gasteiger partial charge in [-0.05, 0) is 37.6 Å². The molecule has 0 saturated carbocycles. The predicted molar refractivity (Wildman–Crippen MR) is 184 cm³/mol. The third-order valence-corrected chi connectivity index (χ3v) is 16.6. The molecule has 4 heterocycles. The van der Waals surface area contributed by atoms with E-state index in [-0.39, 0.29) is 29.2 Å². The van der Waals surface area contributed by atoms with Gasteiger partial charge in [-0.15, -0.1) is 0 Å². The lowest BCUT2D eigenvalue weighted by atomic mass is 10.2. The van der Waals surface area contributed by atoms with Crippen LogP contribution in [0.3, 0.4) is 0 Å². The number of furan rings is 1. The number of fused-ring (bicyclic) bond motifs is 1. The molecule has 1 aromatic carbocycles. The van der Waals surface area contributed by atoms with E-state index in [4.69, 9.17) is 28.1 Å². The molecular weight excluding hydrogens is 623 g/mol. The number of hydrogen-bond donors (Lipinski definition) is 2. The molecule has 1 fully saturated rings. The van der Waals surface area contributed by atoms with E-state index in [9.17, 15) is 4.79 Å². The minimum absolute atomic E-state index is 0.0437. The van der Waals surface area contributed by atoms with Gasteiger partial charge in [0.05, 0.1) is 50.7 Å². The van der Waals surface area contributed by atoms with Crippen molar-refractivity contribution >= 4 is 44.1 Å². The second-order valence-electron chi connectivity index (χ2n) is 13.1. The molecule has 2 N–H and O–H groups in total. The van der Waals surface area contributed by atoms with Crippen molar-refractivity contribution in [1.29, 1.82) is 0 Å². The largest absolute Gasteiger partial charge is 0.493 e. The van der Waals surface area contributed by atoms with E-state index in [2.05, 4.69) is 64.7 Å². The number of nitrogens with one attached hydrogen (secondary N) is 2. The average Bonchev–Trinajstić information content (AvgIpc) is 3.52. The highest BCUT2D eigenvalue weighted by atomic mass is 28.3. The third kappa shape index (κ3) is 7.19. The number of carbonyl (C=O) groups is 1. The SMILES string of the molecule is COc1cc2c(c(C)c1Oc1ccc(C(=O)Nc3c(OC)nc(NCCCN4CCOCC4)nc3OC)o1)[Si](C)(C)CC[Si]2(C)C. The average molecular weight is 670 g/mol. The van der Waals surface area contributed by atoms with Crippen molar-refractivity contribution in [1.82, 2.24) is 14.9 Å². The lowest BCUT2D eigenvalue weighted by Crippen LogP contribution is -2.64. The smallest absolute Gasteiger partial charge is 0.291 e. The molecule has 0 spiro atoms. The number of methoxy groups -OCH3 is 3. The van der Waals surface area contributed by atoms with Crippen LogP contribution in [0.15, 0.2) is 22.6 Å². The topological polar surface area (TPSA) is 129 Å². The Kier molecular flexibility index (Phi) is 10.3. The van der Waals surface area contributed by atoms with Crippen LogP contribution in [-0.4, -0.2) is 97.6 Å². The first-order chi connectivity index (χ1) is 22.0. The number of hydrogen-bond acceptors (Lipinski definition) is 11. The van der Waals surface area contributed by atoms with Gasteiger partial charge in [-0.25, -0.2) is 0 Å². The van der Waals surface area contributed by atoms with Crippen molar-refractivity contribution < 1.29 is 32.9 Å². The van der Waals surface area contributed by atoms with Gasteiger partial charge >= 0.3 is 0 Å². The zero-order valence-corrected chi connectivity index (χ0v) is 30.3. The van der Waals surface area contributed by atoms with Crippen molar-refractivity contribution in [2.24, 2.45) is 0 Å². The Balaban J connectivity index is 1.30. The quantitative estimate of drug-likeness (QED) is 0.210. The maximum atomic E-state index is 13.3. The highest BCUT2D eigenvalue weighted by Crippen LogP contribution is 2.39. The number of ether oxygens (including phenoxy) is 5. The van der Waals surface area contributed by atoms with Gasteiger partial charge < -0.3 is 38.7 Å². The van der Waals surface area contributed by atoms with Gasteiger partial charge in [0.15, 0.2) is 22.9 Å². The molecule has 1 saturated heterocycles. The lowest BCUT2D eigenvalue weighted by Gasteiger charge is -2.41. The third-order valence-electron chi connectivity index (χ3n) is 9.00. The molecule has 0 aliphatic carbocycles. The van der Waals surface area contributed by atoms with E-state index in [0.29, 0.717) is 24.0 Å². The Morgan fingerprint density at radius 2 is 1.65 bits per heavy atom. The number of carbonyl (C=O) groups excluding carboxylic acids is 1.